The van der Waals surface area contributed by atoms with E-state index in [-0.39, 0.29) is 0 Å². The van der Waals surface area contributed by atoms with Crippen LogP contribution in [0.25, 0.3) is 65.9 Å². The zero-order chi connectivity index (χ0) is 40.9. The van der Waals surface area contributed by atoms with Crippen molar-refractivity contribution in [3.63, 3.8) is 0 Å². The van der Waals surface area contributed by atoms with Crippen molar-refractivity contribution in [2.24, 2.45) is 0 Å². The smallest absolute Gasteiger partial charge is 0.0944 e. The Morgan fingerprint density at radius 2 is 0.831 bits per heavy atom. The van der Waals surface area contributed by atoms with Crippen LogP contribution in [-0.2, 0) is 0 Å². The van der Waals surface area contributed by atoms with Crippen LogP contribution < -0.4 is 11.1 Å². The Morgan fingerprint density at radius 3 is 1.39 bits per heavy atom. The molecule has 0 atom stereocenters. The Hall–Kier alpha value is -6.82. The summed E-state index contributed by atoms with van der Waals surface area (Å²) in [4.78, 5) is 9.94. The molecule has 0 amide bonds. The molecule has 0 saturated heterocycles. The standard InChI is InChI=1S/C27H22N2.C19H12BrN.C8H11N/c1-18-8-5-9-19(2)26(18)29-25-15-7-12-21-16-17-24(28-27(21)25)23-14-6-11-20-10-3-4-13-22(20)23;20-17-10-4-7-14-11-12-18(21-19(14)17)16-9-3-6-13-5-1-2-8-15(13)16;1-6-4-3-5-7(2)8(6)9/h3-17,29H,1-2H3;1-12H;3-5H,9H2,1-2H3. The average Bonchev–Trinajstić information content (AvgIpc) is 3.27. The van der Waals surface area contributed by atoms with Crippen LogP contribution >= 0.6 is 15.9 Å². The molecule has 0 aliphatic heterocycles. The molecule has 8 aromatic carbocycles. The van der Waals surface area contributed by atoms with Gasteiger partial charge in [-0.1, -0.05) is 158 Å². The minimum Gasteiger partial charge on any atom is -0.398 e. The monoisotopic (exact) mass is 828 g/mol. The molecule has 0 radical (unpaired) electrons. The molecule has 0 aliphatic carbocycles. The SMILES string of the molecule is Brc1cccc2ccc(-c3cccc4ccccc34)nc12.Cc1cccc(C)c1N.Cc1cccc(C)c1Nc1cccc2ccc(-c3cccc4ccccc34)nc12. The van der Waals surface area contributed by atoms with E-state index in [1.165, 1.54) is 38.2 Å². The number of aromatic nitrogens is 2. The number of fused-ring (bicyclic) bond motifs is 4. The predicted octanol–water partition coefficient (Wildman–Crippen LogP) is 15.1. The Bertz CT molecular complexity index is 3070. The maximum atomic E-state index is 5.68. The number of rotatable bonds is 4. The van der Waals surface area contributed by atoms with Gasteiger partial charge in [0.05, 0.1) is 28.1 Å². The number of benzene rings is 8. The van der Waals surface area contributed by atoms with Crippen molar-refractivity contribution in [3.05, 3.63) is 209 Å². The first-order valence-corrected chi connectivity index (χ1v) is 20.6. The highest BCUT2D eigenvalue weighted by atomic mass is 79.9. The van der Waals surface area contributed by atoms with Crippen LogP contribution in [0, 0.1) is 27.7 Å². The number of hydrogen-bond acceptors (Lipinski definition) is 4. The fourth-order valence-electron chi connectivity index (χ4n) is 7.53. The predicted molar refractivity (Wildman–Crippen MR) is 257 cm³/mol. The largest absolute Gasteiger partial charge is 0.398 e. The number of anilines is 3. The molecule has 2 aromatic heterocycles. The second-order valence-corrected chi connectivity index (χ2v) is 15.7. The molecule has 0 unspecified atom stereocenters. The maximum absolute atomic E-state index is 5.68. The normalized spacial score (nSPS) is 10.9. The fraction of sp³-hybridized carbons (Fsp3) is 0.0741. The lowest BCUT2D eigenvalue weighted by molar-refractivity contribution is 1.35. The van der Waals surface area contributed by atoms with E-state index in [4.69, 9.17) is 15.7 Å². The summed E-state index contributed by atoms with van der Waals surface area (Å²) in [6.07, 6.45) is 0. The van der Waals surface area contributed by atoms with Gasteiger partial charge >= 0.3 is 0 Å². The number of para-hydroxylation sites is 4. The highest BCUT2D eigenvalue weighted by molar-refractivity contribution is 9.10. The summed E-state index contributed by atoms with van der Waals surface area (Å²) in [5, 5.41) is 10.8. The molecule has 288 valence electrons. The molecule has 3 N–H and O–H groups in total. The van der Waals surface area contributed by atoms with Gasteiger partial charge < -0.3 is 11.1 Å². The van der Waals surface area contributed by atoms with Crippen molar-refractivity contribution in [2.75, 3.05) is 11.1 Å². The Labute approximate surface area is 354 Å². The van der Waals surface area contributed by atoms with Gasteiger partial charge in [-0.05, 0) is 112 Å². The highest BCUT2D eigenvalue weighted by Gasteiger charge is 2.11. The average molecular weight is 830 g/mol. The van der Waals surface area contributed by atoms with E-state index in [1.54, 1.807) is 0 Å². The quantitative estimate of drug-likeness (QED) is 0.173. The van der Waals surface area contributed by atoms with Crippen LogP contribution in [0.1, 0.15) is 22.3 Å². The number of hydrogen-bond donors (Lipinski definition) is 2. The summed E-state index contributed by atoms with van der Waals surface area (Å²) < 4.78 is 1.03. The number of halogens is 1. The first-order valence-electron chi connectivity index (χ1n) is 19.8. The van der Waals surface area contributed by atoms with E-state index >= 15 is 0 Å². The number of nitrogens with zero attached hydrogens (tertiary/aromatic N) is 2. The Morgan fingerprint density at radius 1 is 0.407 bits per heavy atom. The summed E-state index contributed by atoms with van der Waals surface area (Å²) in [7, 11) is 0. The third-order valence-electron chi connectivity index (χ3n) is 10.8. The summed E-state index contributed by atoms with van der Waals surface area (Å²) in [5.74, 6) is 0. The van der Waals surface area contributed by atoms with Crippen LogP contribution in [0.4, 0.5) is 17.1 Å². The van der Waals surface area contributed by atoms with E-state index in [0.29, 0.717) is 0 Å². The van der Waals surface area contributed by atoms with Gasteiger partial charge in [0.25, 0.3) is 0 Å². The topological polar surface area (TPSA) is 63.8 Å². The first kappa shape index (κ1) is 39.0. The third kappa shape index (κ3) is 8.43. The molecule has 0 spiro atoms. The Balaban J connectivity index is 0.000000140. The van der Waals surface area contributed by atoms with Crippen molar-refractivity contribution in [1.29, 1.82) is 0 Å². The minimum atomic E-state index is 0.914. The summed E-state index contributed by atoms with van der Waals surface area (Å²) >= 11 is 3.59. The van der Waals surface area contributed by atoms with Crippen LogP contribution in [0.5, 0.6) is 0 Å². The molecule has 0 bridgehead atoms. The minimum absolute atomic E-state index is 0.914. The molecule has 59 heavy (non-hydrogen) atoms. The lowest BCUT2D eigenvalue weighted by Gasteiger charge is -2.15. The summed E-state index contributed by atoms with van der Waals surface area (Å²) in [6.45, 7) is 8.30. The number of nitrogen functional groups attached to an aromatic ring is 1. The van der Waals surface area contributed by atoms with Crippen molar-refractivity contribution >= 4 is 76.3 Å². The van der Waals surface area contributed by atoms with Gasteiger partial charge in [0.15, 0.2) is 0 Å². The molecule has 10 aromatic rings. The molecule has 5 heteroatoms. The zero-order valence-electron chi connectivity index (χ0n) is 33.7. The van der Waals surface area contributed by atoms with E-state index in [2.05, 4.69) is 187 Å². The molecule has 2 heterocycles. The van der Waals surface area contributed by atoms with Gasteiger partial charge in [0.2, 0.25) is 0 Å². The van der Waals surface area contributed by atoms with Gasteiger partial charge in [-0.25, -0.2) is 9.97 Å². The number of nitrogens with one attached hydrogen (secondary N) is 1. The molecule has 0 saturated carbocycles. The molecule has 10 rings (SSSR count). The van der Waals surface area contributed by atoms with Gasteiger partial charge in [0.1, 0.15) is 0 Å². The molecule has 0 fully saturated rings. The molecule has 4 nitrogen and oxygen atoms in total. The fourth-order valence-corrected chi connectivity index (χ4v) is 8.00. The van der Waals surface area contributed by atoms with Crippen molar-refractivity contribution in [1.82, 2.24) is 9.97 Å². The van der Waals surface area contributed by atoms with E-state index < -0.39 is 0 Å². The maximum Gasteiger partial charge on any atom is 0.0944 e. The molecular formula is C54H45BrN4. The van der Waals surface area contributed by atoms with E-state index in [1.807, 2.05) is 44.2 Å². The third-order valence-corrected chi connectivity index (χ3v) is 11.4. The number of aryl methyl sites for hydroxylation is 4. The van der Waals surface area contributed by atoms with Gasteiger partial charge in [-0.3, -0.25) is 0 Å². The zero-order valence-corrected chi connectivity index (χ0v) is 35.3. The van der Waals surface area contributed by atoms with Gasteiger partial charge in [-0.15, -0.1) is 0 Å². The number of pyridine rings is 2. The second kappa shape index (κ2) is 17.4. The number of nitrogens with two attached hydrogens (primary N) is 1. The summed E-state index contributed by atoms with van der Waals surface area (Å²) in [5.41, 5.74) is 19.9. The van der Waals surface area contributed by atoms with Crippen LogP contribution in [0.2, 0.25) is 0 Å². The first-order chi connectivity index (χ1) is 28.7. The van der Waals surface area contributed by atoms with Crippen LogP contribution in [0.3, 0.4) is 0 Å². The lowest BCUT2D eigenvalue weighted by Crippen LogP contribution is -1.98. The Kier molecular flexibility index (Phi) is 11.5. The van der Waals surface area contributed by atoms with E-state index in [9.17, 15) is 0 Å². The summed E-state index contributed by atoms with van der Waals surface area (Å²) in [6, 6.07) is 63.0. The molecular weight excluding hydrogens is 785 g/mol. The van der Waals surface area contributed by atoms with Crippen LogP contribution in [-0.4, -0.2) is 9.97 Å². The molecule has 0 aliphatic rings. The van der Waals surface area contributed by atoms with Crippen molar-refractivity contribution in [3.8, 4) is 22.5 Å². The van der Waals surface area contributed by atoms with Gasteiger partial charge in [-0.2, -0.15) is 0 Å². The van der Waals surface area contributed by atoms with Crippen LogP contribution in [0.15, 0.2) is 186 Å². The highest BCUT2D eigenvalue weighted by Crippen LogP contribution is 2.34. The van der Waals surface area contributed by atoms with Gasteiger partial charge in [0, 0.05) is 37.7 Å². The lowest BCUT2D eigenvalue weighted by atomic mass is 10.0. The van der Waals surface area contributed by atoms with Crippen molar-refractivity contribution < 1.29 is 0 Å². The van der Waals surface area contributed by atoms with E-state index in [0.717, 1.165) is 71.4 Å². The van der Waals surface area contributed by atoms with Crippen molar-refractivity contribution in [2.45, 2.75) is 27.7 Å². The second-order valence-electron chi connectivity index (χ2n) is 14.8.